The first-order chi connectivity index (χ1) is 16.1. The van der Waals surface area contributed by atoms with Crippen LogP contribution in [0.1, 0.15) is 18.9 Å². The Morgan fingerprint density at radius 3 is 2.58 bits per heavy atom. The SMILES string of the molecule is CCC(=O)NOC(=O)Cc1ccc(-c2[nH]ncc2-c2nc3cc4ccccc4cc3o2)cc1. The zero-order chi connectivity index (χ0) is 22.8. The lowest BCUT2D eigenvalue weighted by Gasteiger charge is -2.06. The number of oxazole rings is 1. The Morgan fingerprint density at radius 1 is 1.06 bits per heavy atom. The number of fused-ring (bicyclic) bond motifs is 2. The van der Waals surface area contributed by atoms with Crippen LogP contribution in [0.5, 0.6) is 0 Å². The first kappa shape index (κ1) is 20.4. The number of aromatic nitrogens is 3. The molecule has 5 aromatic rings. The number of rotatable bonds is 5. The number of H-pyrrole nitrogens is 1. The molecule has 3 aromatic carbocycles. The largest absolute Gasteiger partial charge is 0.436 e. The van der Waals surface area contributed by atoms with Gasteiger partial charge in [-0.2, -0.15) is 10.6 Å². The van der Waals surface area contributed by atoms with Crippen molar-refractivity contribution < 1.29 is 18.8 Å². The molecule has 0 radical (unpaired) electrons. The number of aromatic amines is 1. The Balaban J connectivity index is 1.38. The lowest BCUT2D eigenvalue weighted by molar-refractivity contribution is -0.157. The fourth-order valence-corrected chi connectivity index (χ4v) is 3.57. The molecule has 0 spiro atoms. The van der Waals surface area contributed by atoms with Gasteiger partial charge in [0.25, 0.3) is 5.91 Å². The summed E-state index contributed by atoms with van der Waals surface area (Å²) in [6.45, 7) is 1.68. The second-order valence-corrected chi connectivity index (χ2v) is 7.57. The first-order valence-electron chi connectivity index (χ1n) is 10.5. The average Bonchev–Trinajstić information content (AvgIpc) is 3.48. The van der Waals surface area contributed by atoms with Crippen LogP contribution in [0.4, 0.5) is 0 Å². The first-order valence-corrected chi connectivity index (χ1v) is 10.5. The molecular formula is C25H20N4O4. The summed E-state index contributed by atoms with van der Waals surface area (Å²) in [4.78, 5) is 32.5. The number of hydrogen-bond acceptors (Lipinski definition) is 6. The van der Waals surface area contributed by atoms with Crippen LogP contribution < -0.4 is 5.48 Å². The lowest BCUT2D eigenvalue weighted by atomic mass is 10.0. The summed E-state index contributed by atoms with van der Waals surface area (Å²) in [7, 11) is 0. The van der Waals surface area contributed by atoms with Crippen molar-refractivity contribution in [3.05, 3.63) is 72.4 Å². The third-order valence-corrected chi connectivity index (χ3v) is 5.32. The van der Waals surface area contributed by atoms with Crippen molar-refractivity contribution in [2.24, 2.45) is 0 Å². The van der Waals surface area contributed by atoms with E-state index in [-0.39, 0.29) is 18.7 Å². The van der Waals surface area contributed by atoms with Gasteiger partial charge in [-0.15, -0.1) is 0 Å². The number of hydrogen-bond donors (Lipinski definition) is 2. The number of hydroxylamine groups is 1. The third kappa shape index (κ3) is 4.18. The Labute approximate surface area is 188 Å². The van der Waals surface area contributed by atoms with Crippen LogP contribution in [-0.4, -0.2) is 27.1 Å². The van der Waals surface area contributed by atoms with Crippen LogP contribution in [0.2, 0.25) is 0 Å². The van der Waals surface area contributed by atoms with E-state index in [0.29, 0.717) is 11.5 Å². The second kappa shape index (κ2) is 8.58. The summed E-state index contributed by atoms with van der Waals surface area (Å²) in [5.41, 5.74) is 6.72. The molecule has 0 unspecified atom stereocenters. The van der Waals surface area contributed by atoms with Gasteiger partial charge in [0.2, 0.25) is 5.89 Å². The number of benzene rings is 3. The Hall–Kier alpha value is -4.46. The van der Waals surface area contributed by atoms with Gasteiger partial charge in [0, 0.05) is 12.0 Å². The number of carbonyl (C=O) groups excluding carboxylic acids is 2. The van der Waals surface area contributed by atoms with Crippen LogP contribution in [-0.2, 0) is 20.8 Å². The molecule has 8 nitrogen and oxygen atoms in total. The molecule has 2 N–H and O–H groups in total. The molecule has 0 saturated heterocycles. The Bertz CT molecular complexity index is 1410. The predicted octanol–water partition coefficient (Wildman–Crippen LogP) is 4.57. The summed E-state index contributed by atoms with van der Waals surface area (Å²) >= 11 is 0. The third-order valence-electron chi connectivity index (χ3n) is 5.32. The van der Waals surface area contributed by atoms with E-state index in [4.69, 9.17) is 9.25 Å². The molecule has 0 bridgehead atoms. The highest BCUT2D eigenvalue weighted by atomic mass is 16.7. The van der Waals surface area contributed by atoms with E-state index in [2.05, 4.69) is 20.7 Å². The maximum absolute atomic E-state index is 11.9. The van der Waals surface area contributed by atoms with Crippen molar-refractivity contribution in [2.45, 2.75) is 19.8 Å². The van der Waals surface area contributed by atoms with E-state index < -0.39 is 5.97 Å². The van der Waals surface area contributed by atoms with E-state index in [1.807, 2.05) is 60.7 Å². The predicted molar refractivity (Wildman–Crippen MR) is 123 cm³/mol. The molecule has 0 atom stereocenters. The quantitative estimate of drug-likeness (QED) is 0.388. The summed E-state index contributed by atoms with van der Waals surface area (Å²) < 4.78 is 6.05. The van der Waals surface area contributed by atoms with E-state index in [0.717, 1.165) is 38.7 Å². The van der Waals surface area contributed by atoms with Gasteiger partial charge in [0.1, 0.15) is 5.52 Å². The monoisotopic (exact) mass is 440 g/mol. The minimum atomic E-state index is -0.536. The molecular weight excluding hydrogens is 420 g/mol. The molecule has 1 amide bonds. The minimum absolute atomic E-state index is 0.0405. The minimum Gasteiger partial charge on any atom is -0.436 e. The molecule has 0 fully saturated rings. The van der Waals surface area contributed by atoms with Crippen LogP contribution in [0, 0.1) is 0 Å². The van der Waals surface area contributed by atoms with Crippen LogP contribution in [0.15, 0.2) is 71.3 Å². The Kier molecular flexibility index (Phi) is 5.32. The molecule has 8 heteroatoms. The number of carbonyl (C=O) groups is 2. The zero-order valence-corrected chi connectivity index (χ0v) is 17.8. The molecule has 2 heterocycles. The summed E-state index contributed by atoms with van der Waals surface area (Å²) in [6.07, 6.45) is 1.96. The maximum Gasteiger partial charge on any atom is 0.336 e. The molecule has 164 valence electrons. The van der Waals surface area contributed by atoms with Crippen LogP contribution in [0.25, 0.3) is 44.6 Å². The fourth-order valence-electron chi connectivity index (χ4n) is 3.57. The number of nitrogens with one attached hydrogen (secondary N) is 2. The summed E-state index contributed by atoms with van der Waals surface area (Å²) in [5, 5.41) is 9.37. The van der Waals surface area contributed by atoms with Crippen molar-refractivity contribution in [3.63, 3.8) is 0 Å². The van der Waals surface area contributed by atoms with E-state index >= 15 is 0 Å². The van der Waals surface area contributed by atoms with Gasteiger partial charge >= 0.3 is 5.97 Å². The molecule has 5 rings (SSSR count). The van der Waals surface area contributed by atoms with E-state index in [1.165, 1.54) is 0 Å². The standard InChI is InChI=1S/C25H20N4O4/c1-2-22(30)29-33-23(31)11-15-7-9-16(10-8-15)24-19(14-26-28-24)25-27-20-12-17-5-3-4-6-18(17)13-21(20)32-25/h3-10,12-14H,2,11H2,1H3,(H,26,28)(H,29,30). The van der Waals surface area contributed by atoms with E-state index in [9.17, 15) is 9.59 Å². The van der Waals surface area contributed by atoms with Gasteiger partial charge in [0.05, 0.1) is 23.9 Å². The summed E-state index contributed by atoms with van der Waals surface area (Å²) in [6, 6.07) is 19.5. The fraction of sp³-hybridized carbons (Fsp3) is 0.120. The van der Waals surface area contributed by atoms with Gasteiger partial charge in [-0.1, -0.05) is 55.5 Å². The average molecular weight is 440 g/mol. The molecule has 33 heavy (non-hydrogen) atoms. The smallest absolute Gasteiger partial charge is 0.336 e. The topological polar surface area (TPSA) is 110 Å². The second-order valence-electron chi connectivity index (χ2n) is 7.57. The molecule has 2 aromatic heterocycles. The number of nitrogens with zero attached hydrogens (tertiary/aromatic N) is 2. The van der Waals surface area contributed by atoms with E-state index in [1.54, 1.807) is 13.1 Å². The van der Waals surface area contributed by atoms with Crippen LogP contribution in [0.3, 0.4) is 0 Å². The van der Waals surface area contributed by atoms with Gasteiger partial charge < -0.3 is 9.25 Å². The maximum atomic E-state index is 11.9. The molecule has 0 aliphatic heterocycles. The van der Waals surface area contributed by atoms with Crippen molar-refractivity contribution in [1.82, 2.24) is 20.7 Å². The van der Waals surface area contributed by atoms with Crippen molar-refractivity contribution >= 4 is 33.7 Å². The van der Waals surface area contributed by atoms with Crippen LogP contribution >= 0.6 is 0 Å². The molecule has 0 aliphatic rings. The highest BCUT2D eigenvalue weighted by molar-refractivity contribution is 5.95. The van der Waals surface area contributed by atoms with Crippen molar-refractivity contribution in [1.29, 1.82) is 0 Å². The molecule has 0 saturated carbocycles. The Morgan fingerprint density at radius 2 is 1.82 bits per heavy atom. The van der Waals surface area contributed by atoms with Gasteiger partial charge in [-0.05, 0) is 28.5 Å². The lowest BCUT2D eigenvalue weighted by Crippen LogP contribution is -2.26. The number of amides is 1. The van der Waals surface area contributed by atoms with Gasteiger partial charge in [-0.3, -0.25) is 9.89 Å². The van der Waals surface area contributed by atoms with Crippen molar-refractivity contribution in [3.8, 4) is 22.7 Å². The van der Waals surface area contributed by atoms with Gasteiger partial charge in [-0.25, -0.2) is 9.78 Å². The van der Waals surface area contributed by atoms with Gasteiger partial charge in [0.15, 0.2) is 5.58 Å². The normalized spacial score (nSPS) is 11.1. The zero-order valence-electron chi connectivity index (χ0n) is 17.8. The highest BCUT2D eigenvalue weighted by Crippen LogP contribution is 2.33. The van der Waals surface area contributed by atoms with Crippen molar-refractivity contribution in [2.75, 3.05) is 0 Å². The molecule has 0 aliphatic carbocycles. The highest BCUT2D eigenvalue weighted by Gasteiger charge is 2.17. The summed E-state index contributed by atoms with van der Waals surface area (Å²) in [5.74, 6) is -0.410.